The van der Waals surface area contributed by atoms with Crippen molar-refractivity contribution in [2.24, 2.45) is 0 Å². The second-order valence-electron chi connectivity index (χ2n) is 3.54. The van der Waals surface area contributed by atoms with Gasteiger partial charge in [0, 0.05) is 11.5 Å². The summed E-state index contributed by atoms with van der Waals surface area (Å²) in [7, 11) is -4.33. The molecule has 2 aromatic rings. The normalized spacial score (nSPS) is 11.9. The zero-order chi connectivity index (χ0) is 11.9. The van der Waals surface area contributed by atoms with E-state index < -0.39 is 10.1 Å². The highest BCUT2D eigenvalue weighted by Gasteiger charge is 2.17. The molecule has 0 unspecified atom stereocenters. The smallest absolute Gasteiger partial charge is 0.295 e. The Kier molecular flexibility index (Phi) is 2.36. The molecule has 0 saturated heterocycles. The van der Waals surface area contributed by atoms with Gasteiger partial charge in [0.1, 0.15) is 10.6 Å². The van der Waals surface area contributed by atoms with Gasteiger partial charge in [0.15, 0.2) is 0 Å². The number of hydrogen-bond donors (Lipinski definition) is 2. The summed E-state index contributed by atoms with van der Waals surface area (Å²) in [6.45, 7) is 1.69. The van der Waals surface area contributed by atoms with E-state index >= 15 is 0 Å². The van der Waals surface area contributed by atoms with Gasteiger partial charge in [-0.05, 0) is 17.9 Å². The van der Waals surface area contributed by atoms with Gasteiger partial charge in [-0.2, -0.15) is 8.42 Å². The van der Waals surface area contributed by atoms with E-state index in [1.165, 1.54) is 0 Å². The van der Waals surface area contributed by atoms with Crippen LogP contribution < -0.4 is 0 Å². The van der Waals surface area contributed by atoms with E-state index in [2.05, 4.69) is 0 Å². The van der Waals surface area contributed by atoms with Crippen LogP contribution >= 0.6 is 0 Å². The molecule has 0 aliphatic heterocycles. The molecule has 0 amide bonds. The molecule has 0 aliphatic carbocycles. The SMILES string of the molecule is Cc1c(O)cc(S(=O)(=O)O)c2ccccc12. The van der Waals surface area contributed by atoms with Gasteiger partial charge in [-0.25, -0.2) is 0 Å². The van der Waals surface area contributed by atoms with Gasteiger partial charge in [-0.1, -0.05) is 24.3 Å². The molecule has 0 spiro atoms. The van der Waals surface area contributed by atoms with Gasteiger partial charge >= 0.3 is 0 Å². The minimum Gasteiger partial charge on any atom is -0.508 e. The third kappa shape index (κ3) is 1.64. The fraction of sp³-hybridized carbons (Fsp3) is 0.0909. The molecule has 2 rings (SSSR count). The summed E-state index contributed by atoms with van der Waals surface area (Å²) in [6, 6.07) is 7.76. The summed E-state index contributed by atoms with van der Waals surface area (Å²) in [5, 5.41) is 10.6. The number of benzene rings is 2. The first-order valence-electron chi connectivity index (χ1n) is 4.60. The first-order chi connectivity index (χ1) is 7.41. The van der Waals surface area contributed by atoms with E-state index in [4.69, 9.17) is 4.55 Å². The number of aromatic hydroxyl groups is 1. The van der Waals surface area contributed by atoms with Crippen LogP contribution in [0.2, 0.25) is 0 Å². The summed E-state index contributed by atoms with van der Waals surface area (Å²) in [6.07, 6.45) is 0. The van der Waals surface area contributed by atoms with Crippen molar-refractivity contribution in [1.82, 2.24) is 0 Å². The van der Waals surface area contributed by atoms with Crippen molar-refractivity contribution < 1.29 is 18.1 Å². The van der Waals surface area contributed by atoms with Crippen molar-refractivity contribution >= 4 is 20.9 Å². The molecule has 5 heteroatoms. The highest BCUT2D eigenvalue weighted by molar-refractivity contribution is 7.86. The van der Waals surface area contributed by atoms with Crippen LogP contribution in [-0.4, -0.2) is 18.1 Å². The van der Waals surface area contributed by atoms with E-state index in [1.807, 2.05) is 0 Å². The summed E-state index contributed by atoms with van der Waals surface area (Å²) in [4.78, 5) is -0.272. The molecule has 0 radical (unpaired) electrons. The molecule has 2 aromatic carbocycles. The van der Waals surface area contributed by atoms with Crippen molar-refractivity contribution in [2.45, 2.75) is 11.8 Å². The lowest BCUT2D eigenvalue weighted by Crippen LogP contribution is -1.99. The molecule has 0 fully saturated rings. The van der Waals surface area contributed by atoms with Gasteiger partial charge in [-0.15, -0.1) is 0 Å². The van der Waals surface area contributed by atoms with E-state index in [0.29, 0.717) is 16.3 Å². The lowest BCUT2D eigenvalue weighted by molar-refractivity contribution is 0.465. The van der Waals surface area contributed by atoms with Gasteiger partial charge in [0.05, 0.1) is 0 Å². The van der Waals surface area contributed by atoms with Gasteiger partial charge < -0.3 is 5.11 Å². The molecule has 2 N–H and O–H groups in total. The van der Waals surface area contributed by atoms with Crippen LogP contribution in [0.3, 0.4) is 0 Å². The molecule has 4 nitrogen and oxygen atoms in total. The van der Waals surface area contributed by atoms with Crippen LogP contribution in [0.5, 0.6) is 5.75 Å². The maximum atomic E-state index is 11.2. The third-order valence-electron chi connectivity index (χ3n) is 2.53. The average Bonchev–Trinajstić information content (AvgIpc) is 2.22. The van der Waals surface area contributed by atoms with Crippen molar-refractivity contribution in [3.05, 3.63) is 35.9 Å². The minimum atomic E-state index is -4.33. The van der Waals surface area contributed by atoms with Crippen LogP contribution in [0.4, 0.5) is 0 Å². The summed E-state index contributed by atoms with van der Waals surface area (Å²) in [5.41, 5.74) is 0.586. The molecule has 0 heterocycles. The number of phenolic OH excluding ortho intramolecular Hbond substituents is 1. The molecule has 0 saturated carbocycles. The Hall–Kier alpha value is -1.59. The number of phenols is 1. The van der Waals surface area contributed by atoms with Gasteiger partial charge in [0.25, 0.3) is 10.1 Å². The van der Waals surface area contributed by atoms with Crippen LogP contribution in [0.15, 0.2) is 35.2 Å². The Bertz CT molecular complexity index is 659. The number of hydrogen-bond acceptors (Lipinski definition) is 3. The Morgan fingerprint density at radius 1 is 1.12 bits per heavy atom. The Morgan fingerprint density at radius 3 is 2.25 bits per heavy atom. The second-order valence-corrected chi connectivity index (χ2v) is 4.93. The summed E-state index contributed by atoms with van der Waals surface area (Å²) < 4.78 is 31.4. The lowest BCUT2D eigenvalue weighted by Gasteiger charge is -2.08. The van der Waals surface area contributed by atoms with E-state index in [1.54, 1.807) is 31.2 Å². The predicted molar refractivity (Wildman–Crippen MR) is 60.2 cm³/mol. The van der Waals surface area contributed by atoms with E-state index in [0.717, 1.165) is 6.07 Å². The van der Waals surface area contributed by atoms with Crippen LogP contribution in [0.1, 0.15) is 5.56 Å². The molecule has 84 valence electrons. The first kappa shape index (κ1) is 10.9. The first-order valence-corrected chi connectivity index (χ1v) is 6.04. The van der Waals surface area contributed by atoms with Crippen molar-refractivity contribution in [1.29, 1.82) is 0 Å². The topological polar surface area (TPSA) is 74.6 Å². The Labute approximate surface area is 92.9 Å². The van der Waals surface area contributed by atoms with Crippen molar-refractivity contribution in [3.8, 4) is 5.75 Å². The van der Waals surface area contributed by atoms with Crippen molar-refractivity contribution in [2.75, 3.05) is 0 Å². The van der Waals surface area contributed by atoms with Crippen LogP contribution in [-0.2, 0) is 10.1 Å². The maximum absolute atomic E-state index is 11.2. The lowest BCUT2D eigenvalue weighted by atomic mass is 10.0. The van der Waals surface area contributed by atoms with Crippen LogP contribution in [0, 0.1) is 6.92 Å². The van der Waals surface area contributed by atoms with Gasteiger partial charge in [-0.3, -0.25) is 4.55 Å². The second kappa shape index (κ2) is 3.47. The standard InChI is InChI=1S/C11H10O4S/c1-7-8-4-2-3-5-9(8)11(6-10(7)12)16(13,14)15/h2-6,12H,1H3,(H,13,14,15). The van der Waals surface area contributed by atoms with Crippen molar-refractivity contribution in [3.63, 3.8) is 0 Å². The fourth-order valence-electron chi connectivity index (χ4n) is 1.69. The Morgan fingerprint density at radius 2 is 1.69 bits per heavy atom. The summed E-state index contributed by atoms with van der Waals surface area (Å²) >= 11 is 0. The van der Waals surface area contributed by atoms with Gasteiger partial charge in [0.2, 0.25) is 0 Å². The number of fused-ring (bicyclic) bond motifs is 1. The highest BCUT2D eigenvalue weighted by atomic mass is 32.2. The van der Waals surface area contributed by atoms with E-state index in [9.17, 15) is 13.5 Å². The zero-order valence-electron chi connectivity index (χ0n) is 8.51. The molecule has 0 bridgehead atoms. The molecule has 0 aromatic heterocycles. The largest absolute Gasteiger partial charge is 0.508 e. The monoisotopic (exact) mass is 238 g/mol. The maximum Gasteiger partial charge on any atom is 0.295 e. The molecule has 16 heavy (non-hydrogen) atoms. The van der Waals surface area contributed by atoms with Crippen LogP contribution in [0.25, 0.3) is 10.8 Å². The highest BCUT2D eigenvalue weighted by Crippen LogP contribution is 2.32. The summed E-state index contributed by atoms with van der Waals surface area (Å²) in [5.74, 6) is -0.147. The molecular formula is C11H10O4S. The Balaban J connectivity index is 3.02. The predicted octanol–water partition coefficient (Wildman–Crippen LogP) is 2.10. The zero-order valence-corrected chi connectivity index (χ0v) is 9.32. The number of rotatable bonds is 1. The molecule has 0 aliphatic rings. The third-order valence-corrected chi connectivity index (χ3v) is 3.42. The quantitative estimate of drug-likeness (QED) is 0.746. The minimum absolute atomic E-state index is 0.147. The number of aryl methyl sites for hydroxylation is 1. The fourth-order valence-corrected chi connectivity index (χ4v) is 2.40. The molecule has 0 atom stereocenters. The average molecular weight is 238 g/mol. The van der Waals surface area contributed by atoms with E-state index in [-0.39, 0.29) is 10.6 Å². The molecular weight excluding hydrogens is 228 g/mol.